The molecule has 4 rings (SSSR count). The fourth-order valence-corrected chi connectivity index (χ4v) is 6.39. The molecule has 1 aromatic rings. The third kappa shape index (κ3) is 7.07. The van der Waals surface area contributed by atoms with Crippen molar-refractivity contribution in [3.63, 3.8) is 0 Å². The van der Waals surface area contributed by atoms with Crippen LogP contribution >= 0.6 is 0 Å². The van der Waals surface area contributed by atoms with Gasteiger partial charge in [-0.05, 0) is 57.1 Å². The zero-order chi connectivity index (χ0) is 28.8. The van der Waals surface area contributed by atoms with E-state index in [4.69, 9.17) is 4.74 Å². The molecule has 1 aromatic carbocycles. The van der Waals surface area contributed by atoms with E-state index in [-0.39, 0.29) is 30.4 Å². The molecule has 222 valence electrons. The lowest BCUT2D eigenvalue weighted by Gasteiger charge is -2.31. The minimum Gasteiger partial charge on any atom is -0.493 e. The number of aliphatic carboxylic acids is 1. The number of carbonyl (C=O) groups is 3. The summed E-state index contributed by atoms with van der Waals surface area (Å²) in [6.45, 7) is 7.58. The average Bonchev–Trinajstić information content (AvgIpc) is 3.62. The highest BCUT2D eigenvalue weighted by Crippen LogP contribution is 2.41. The van der Waals surface area contributed by atoms with E-state index >= 15 is 0 Å². The fourth-order valence-electron chi connectivity index (χ4n) is 6.39. The first-order chi connectivity index (χ1) is 19.2. The summed E-state index contributed by atoms with van der Waals surface area (Å²) in [7, 11) is 5.86. The number of benzene rings is 1. The van der Waals surface area contributed by atoms with Gasteiger partial charge in [0.1, 0.15) is 5.75 Å². The Labute approximate surface area is 238 Å². The molecule has 0 aromatic heterocycles. The second kappa shape index (κ2) is 13.7. The molecule has 3 aliphatic rings. The van der Waals surface area contributed by atoms with Crippen LogP contribution in [0, 0.1) is 5.92 Å². The monoisotopic (exact) mass is 557 g/mol. The largest absolute Gasteiger partial charge is 0.493 e. The number of hydrogen-bond acceptors (Lipinski definition) is 6. The maximum Gasteiger partial charge on any atom is 0.319 e. The minimum absolute atomic E-state index is 0.0192. The normalized spacial score (nSPS) is 22.7. The van der Waals surface area contributed by atoms with Crippen LogP contribution < -0.4 is 4.74 Å². The number of rotatable bonds is 14. The number of carboxylic acid groups (broad SMARTS) is 1. The van der Waals surface area contributed by atoms with Crippen molar-refractivity contribution in [1.29, 1.82) is 0 Å². The van der Waals surface area contributed by atoms with Crippen molar-refractivity contribution in [1.82, 2.24) is 24.5 Å². The van der Waals surface area contributed by atoms with E-state index in [0.29, 0.717) is 52.3 Å². The standard InChI is InChI=1S/C30H47N5O5/c1-5-6-13-33(14-7-12-31(2)3)27(36)21-35-20-24(22-8-9-26-23(19-22)11-18-40-26)28(29(37)38)25(35)10-15-34-17-16-32(4)30(34)39/h8-9,19,24-25,28H,5-7,10-18,20-21H2,1-4H3,(H,37,38)/t24-,25+,28-/m1/s1. The van der Waals surface area contributed by atoms with Crippen LogP contribution in [0.2, 0.25) is 0 Å². The highest BCUT2D eigenvalue weighted by Gasteiger charge is 2.47. The molecule has 2 saturated heterocycles. The summed E-state index contributed by atoms with van der Waals surface area (Å²) in [5.74, 6) is -0.822. The number of hydrogen-bond donors (Lipinski definition) is 1. The van der Waals surface area contributed by atoms with E-state index in [1.807, 2.05) is 31.1 Å². The van der Waals surface area contributed by atoms with E-state index in [0.717, 1.165) is 49.1 Å². The molecule has 0 radical (unpaired) electrons. The maximum atomic E-state index is 13.7. The SMILES string of the molecule is CCCCN(CCCN(C)C)C(=O)CN1C[C@H](c2ccc3c(c2)CCO3)[C@@H](C(=O)O)[C@@H]1CCN1CCN(C)C1=O. The number of ether oxygens (including phenoxy) is 1. The Bertz CT molecular complexity index is 1050. The Morgan fingerprint density at radius 3 is 2.58 bits per heavy atom. The van der Waals surface area contributed by atoms with Gasteiger partial charge in [-0.3, -0.25) is 14.5 Å². The van der Waals surface area contributed by atoms with E-state index < -0.39 is 11.9 Å². The second-order valence-electron chi connectivity index (χ2n) is 11.8. The predicted molar refractivity (Wildman–Crippen MR) is 154 cm³/mol. The molecule has 0 unspecified atom stereocenters. The number of urea groups is 1. The van der Waals surface area contributed by atoms with Crippen molar-refractivity contribution >= 4 is 17.9 Å². The number of unbranched alkanes of at least 4 members (excludes halogenated alkanes) is 1. The Morgan fingerprint density at radius 1 is 1.12 bits per heavy atom. The molecule has 0 bridgehead atoms. The van der Waals surface area contributed by atoms with Gasteiger partial charge in [0, 0.05) is 64.7 Å². The molecule has 2 fully saturated rings. The van der Waals surface area contributed by atoms with E-state index in [1.165, 1.54) is 0 Å². The predicted octanol–water partition coefficient (Wildman–Crippen LogP) is 2.43. The number of likely N-dealkylation sites (N-methyl/N-ethyl adjacent to an activating group) is 1. The zero-order valence-corrected chi connectivity index (χ0v) is 24.7. The molecular formula is C30H47N5O5. The number of carboxylic acids is 1. The topological polar surface area (TPSA) is 96.9 Å². The van der Waals surface area contributed by atoms with Gasteiger partial charge in [0.2, 0.25) is 5.91 Å². The molecule has 0 aliphatic carbocycles. The van der Waals surface area contributed by atoms with E-state index in [1.54, 1.807) is 16.8 Å². The van der Waals surface area contributed by atoms with Gasteiger partial charge in [0.05, 0.1) is 19.1 Å². The second-order valence-corrected chi connectivity index (χ2v) is 11.8. The molecule has 1 N–H and O–H groups in total. The first-order valence-electron chi connectivity index (χ1n) is 14.8. The Kier molecular flexibility index (Phi) is 10.3. The average molecular weight is 558 g/mol. The first-order valence-corrected chi connectivity index (χ1v) is 14.8. The van der Waals surface area contributed by atoms with Crippen LogP contribution in [-0.4, -0.2) is 134 Å². The van der Waals surface area contributed by atoms with Gasteiger partial charge in [-0.2, -0.15) is 0 Å². The minimum atomic E-state index is -0.847. The summed E-state index contributed by atoms with van der Waals surface area (Å²) >= 11 is 0. The molecule has 0 saturated carbocycles. The number of carbonyl (C=O) groups excluding carboxylic acids is 2. The van der Waals surface area contributed by atoms with Crippen LogP contribution in [-0.2, 0) is 16.0 Å². The molecule has 10 heteroatoms. The Morgan fingerprint density at radius 2 is 1.90 bits per heavy atom. The lowest BCUT2D eigenvalue weighted by Crippen LogP contribution is -2.46. The molecule has 0 spiro atoms. The lowest BCUT2D eigenvalue weighted by molar-refractivity contribution is -0.144. The van der Waals surface area contributed by atoms with E-state index in [9.17, 15) is 19.5 Å². The van der Waals surface area contributed by atoms with Crippen molar-refractivity contribution in [3.8, 4) is 5.75 Å². The number of likely N-dealkylation sites (tertiary alicyclic amines) is 1. The molecule has 10 nitrogen and oxygen atoms in total. The highest BCUT2D eigenvalue weighted by molar-refractivity contribution is 5.79. The quantitative estimate of drug-likeness (QED) is 0.375. The summed E-state index contributed by atoms with van der Waals surface area (Å²) in [6.07, 6.45) is 4.19. The lowest BCUT2D eigenvalue weighted by atomic mass is 9.83. The van der Waals surface area contributed by atoms with Crippen molar-refractivity contribution in [3.05, 3.63) is 29.3 Å². The van der Waals surface area contributed by atoms with Gasteiger partial charge in [0.15, 0.2) is 0 Å². The van der Waals surface area contributed by atoms with Crippen LogP contribution in [0.25, 0.3) is 0 Å². The Balaban J connectivity index is 1.55. The van der Waals surface area contributed by atoms with Crippen molar-refractivity contribution in [2.24, 2.45) is 5.92 Å². The van der Waals surface area contributed by atoms with Crippen LogP contribution in [0.3, 0.4) is 0 Å². The molecule has 3 aliphatic heterocycles. The third-order valence-corrected chi connectivity index (χ3v) is 8.68. The summed E-state index contributed by atoms with van der Waals surface area (Å²) in [4.78, 5) is 48.7. The van der Waals surface area contributed by atoms with E-state index in [2.05, 4.69) is 22.8 Å². The number of nitrogens with zero attached hydrogens (tertiary/aromatic N) is 5. The van der Waals surface area contributed by atoms with Crippen LogP contribution in [0.15, 0.2) is 18.2 Å². The van der Waals surface area contributed by atoms with Crippen LogP contribution in [0.5, 0.6) is 5.75 Å². The fraction of sp³-hybridized carbons (Fsp3) is 0.700. The third-order valence-electron chi connectivity index (χ3n) is 8.68. The zero-order valence-electron chi connectivity index (χ0n) is 24.7. The molecule has 3 heterocycles. The molecular weight excluding hydrogens is 510 g/mol. The summed E-state index contributed by atoms with van der Waals surface area (Å²) in [5.41, 5.74) is 2.10. The molecule has 3 atom stereocenters. The highest BCUT2D eigenvalue weighted by atomic mass is 16.5. The molecule has 40 heavy (non-hydrogen) atoms. The van der Waals surface area contributed by atoms with Gasteiger partial charge in [-0.1, -0.05) is 25.5 Å². The summed E-state index contributed by atoms with van der Waals surface area (Å²) in [6, 6.07) is 5.67. The van der Waals surface area contributed by atoms with Crippen molar-refractivity contribution < 1.29 is 24.2 Å². The Hall–Kier alpha value is -2.85. The van der Waals surface area contributed by atoms with Crippen LogP contribution in [0.4, 0.5) is 4.79 Å². The van der Waals surface area contributed by atoms with Gasteiger partial charge >= 0.3 is 12.0 Å². The van der Waals surface area contributed by atoms with Gasteiger partial charge < -0.3 is 29.4 Å². The number of fused-ring (bicyclic) bond motifs is 1. The summed E-state index contributed by atoms with van der Waals surface area (Å²) in [5, 5.41) is 10.5. The number of amides is 3. The van der Waals surface area contributed by atoms with Gasteiger partial charge in [-0.15, -0.1) is 0 Å². The van der Waals surface area contributed by atoms with Gasteiger partial charge in [0.25, 0.3) is 0 Å². The molecule has 3 amide bonds. The smallest absolute Gasteiger partial charge is 0.319 e. The first kappa shape index (κ1) is 30.1. The van der Waals surface area contributed by atoms with Crippen molar-refractivity contribution in [2.45, 2.75) is 51.0 Å². The van der Waals surface area contributed by atoms with Crippen LogP contribution in [0.1, 0.15) is 49.7 Å². The summed E-state index contributed by atoms with van der Waals surface area (Å²) < 4.78 is 5.68. The maximum absolute atomic E-state index is 13.7. The van der Waals surface area contributed by atoms with Gasteiger partial charge in [-0.25, -0.2) is 4.79 Å². The van der Waals surface area contributed by atoms with Crippen molar-refractivity contribution in [2.75, 3.05) is 80.1 Å².